The average molecular weight is 394 g/mol. The second-order valence-corrected chi connectivity index (χ2v) is 8.39. The van der Waals surface area contributed by atoms with Gasteiger partial charge in [0, 0.05) is 0 Å². The highest BCUT2D eigenvalue weighted by Crippen LogP contribution is 2.37. The van der Waals surface area contributed by atoms with E-state index in [0.717, 1.165) is 5.56 Å². The Morgan fingerprint density at radius 1 is 0.929 bits per heavy atom. The van der Waals surface area contributed by atoms with Crippen LogP contribution in [0.2, 0.25) is 0 Å². The number of benzene rings is 3. The number of sulfonamides is 1. The molecule has 0 unspecified atom stereocenters. The van der Waals surface area contributed by atoms with Crippen molar-refractivity contribution in [2.24, 2.45) is 0 Å². The molecule has 2 N–H and O–H groups in total. The molecule has 4 rings (SSSR count). The van der Waals surface area contributed by atoms with E-state index in [4.69, 9.17) is 4.74 Å². The van der Waals surface area contributed by atoms with Crippen molar-refractivity contribution in [1.82, 2.24) is 4.72 Å². The van der Waals surface area contributed by atoms with Gasteiger partial charge < -0.3 is 10.1 Å². The highest BCUT2D eigenvalue weighted by atomic mass is 32.2. The van der Waals surface area contributed by atoms with E-state index in [1.807, 2.05) is 25.1 Å². The smallest absolute Gasteiger partial charge is 0.259 e. The van der Waals surface area contributed by atoms with E-state index < -0.39 is 10.0 Å². The van der Waals surface area contributed by atoms with Gasteiger partial charge in [-0.1, -0.05) is 24.3 Å². The maximum Gasteiger partial charge on any atom is 0.259 e. The molecule has 0 saturated carbocycles. The number of hydrogen-bond donors (Lipinski definition) is 2. The zero-order chi connectivity index (χ0) is 19.9. The summed E-state index contributed by atoms with van der Waals surface area (Å²) in [5.41, 5.74) is 3.41. The van der Waals surface area contributed by atoms with E-state index in [2.05, 4.69) is 10.0 Å². The van der Waals surface area contributed by atoms with Crippen molar-refractivity contribution in [3.8, 4) is 22.6 Å². The molecule has 0 spiro atoms. The van der Waals surface area contributed by atoms with Crippen LogP contribution in [0.15, 0.2) is 65.6 Å². The highest BCUT2D eigenvalue weighted by molar-refractivity contribution is 7.89. The van der Waals surface area contributed by atoms with Crippen molar-refractivity contribution in [1.29, 1.82) is 0 Å². The van der Waals surface area contributed by atoms with E-state index in [9.17, 15) is 13.2 Å². The van der Waals surface area contributed by atoms with E-state index in [-0.39, 0.29) is 10.8 Å². The molecule has 0 saturated heterocycles. The molecule has 0 radical (unpaired) electrons. The lowest BCUT2D eigenvalue weighted by Crippen LogP contribution is -2.18. The monoisotopic (exact) mass is 394 g/mol. The lowest BCUT2D eigenvalue weighted by molar-refractivity contribution is 0.102. The first-order chi connectivity index (χ1) is 13.4. The molecular formula is C21H18N2O4S. The molecule has 1 amide bonds. The maximum absolute atomic E-state index is 12.7. The summed E-state index contributed by atoms with van der Waals surface area (Å²) in [6.45, 7) is 1.94. The Kier molecular flexibility index (Phi) is 4.41. The summed E-state index contributed by atoms with van der Waals surface area (Å²) in [7, 11) is -2.19. The summed E-state index contributed by atoms with van der Waals surface area (Å²) in [5, 5.41) is 2.87. The van der Waals surface area contributed by atoms with Gasteiger partial charge in [0.25, 0.3) is 5.91 Å². The van der Waals surface area contributed by atoms with Crippen molar-refractivity contribution in [3.63, 3.8) is 0 Å². The lowest BCUT2D eigenvalue weighted by atomic mass is 10.0. The Bertz CT molecular complexity index is 1200. The summed E-state index contributed by atoms with van der Waals surface area (Å²) in [6.07, 6.45) is 0. The molecule has 28 heavy (non-hydrogen) atoms. The molecular weight excluding hydrogens is 376 g/mol. The largest absolute Gasteiger partial charge is 0.454 e. The molecule has 0 aliphatic carbocycles. The Hall–Kier alpha value is -3.16. The summed E-state index contributed by atoms with van der Waals surface area (Å²) in [6, 6.07) is 17.4. The third-order valence-corrected chi connectivity index (χ3v) is 5.99. The highest BCUT2D eigenvalue weighted by Gasteiger charge is 2.22. The van der Waals surface area contributed by atoms with Crippen LogP contribution in [0.5, 0.6) is 11.5 Å². The molecule has 0 bridgehead atoms. The van der Waals surface area contributed by atoms with Gasteiger partial charge in [-0.3, -0.25) is 4.79 Å². The lowest BCUT2D eigenvalue weighted by Gasteiger charge is -2.10. The normalized spacial score (nSPS) is 13.0. The number of aryl methyl sites for hydroxylation is 1. The minimum absolute atomic E-state index is 0.158. The molecule has 1 heterocycles. The minimum Gasteiger partial charge on any atom is -0.454 e. The second-order valence-electron chi connectivity index (χ2n) is 6.50. The molecule has 7 heteroatoms. The number of ether oxygens (including phenoxy) is 1. The zero-order valence-electron chi connectivity index (χ0n) is 15.3. The van der Waals surface area contributed by atoms with E-state index >= 15 is 0 Å². The maximum atomic E-state index is 12.7. The van der Waals surface area contributed by atoms with Crippen LogP contribution in [0, 0.1) is 6.92 Å². The van der Waals surface area contributed by atoms with Crippen LogP contribution in [-0.2, 0) is 10.0 Å². The van der Waals surface area contributed by atoms with Gasteiger partial charge in [-0.05, 0) is 67.1 Å². The first-order valence-electron chi connectivity index (χ1n) is 8.65. The van der Waals surface area contributed by atoms with Crippen molar-refractivity contribution in [3.05, 3.63) is 71.8 Å². The van der Waals surface area contributed by atoms with E-state index in [1.165, 1.54) is 13.1 Å². The van der Waals surface area contributed by atoms with Gasteiger partial charge in [-0.15, -0.1) is 0 Å². The Morgan fingerprint density at radius 2 is 1.68 bits per heavy atom. The van der Waals surface area contributed by atoms with Crippen LogP contribution < -0.4 is 14.8 Å². The Labute approximate surface area is 163 Å². The molecule has 0 fully saturated rings. The fourth-order valence-electron chi connectivity index (χ4n) is 3.08. The van der Waals surface area contributed by atoms with Gasteiger partial charge in [0.15, 0.2) is 5.75 Å². The first kappa shape index (κ1) is 18.2. The third kappa shape index (κ3) is 3.26. The fraction of sp³-hybridized carbons (Fsp3) is 0.0952. The van der Waals surface area contributed by atoms with Crippen LogP contribution in [0.1, 0.15) is 15.9 Å². The second kappa shape index (κ2) is 6.78. The van der Waals surface area contributed by atoms with E-state index in [1.54, 1.807) is 36.4 Å². The SMILES string of the molecule is CNS(=O)(=O)c1cccc(-c2ccc3c(c2)C(=O)Nc2cc(C)ccc2O3)c1. The number of amides is 1. The number of rotatable bonds is 3. The zero-order valence-corrected chi connectivity index (χ0v) is 16.1. The minimum atomic E-state index is -3.56. The topological polar surface area (TPSA) is 84.5 Å². The van der Waals surface area contributed by atoms with Gasteiger partial charge in [0.05, 0.1) is 16.1 Å². The molecule has 1 aliphatic rings. The molecule has 142 valence electrons. The molecule has 3 aromatic carbocycles. The van der Waals surface area contributed by atoms with Crippen LogP contribution >= 0.6 is 0 Å². The van der Waals surface area contributed by atoms with Crippen LogP contribution in [-0.4, -0.2) is 21.4 Å². The molecule has 0 atom stereocenters. The van der Waals surface area contributed by atoms with Gasteiger partial charge in [-0.25, -0.2) is 13.1 Å². The Morgan fingerprint density at radius 3 is 2.46 bits per heavy atom. The van der Waals surface area contributed by atoms with Crippen molar-refractivity contribution < 1.29 is 17.9 Å². The number of fused-ring (bicyclic) bond motifs is 2. The molecule has 3 aromatic rings. The third-order valence-electron chi connectivity index (χ3n) is 4.57. The quantitative estimate of drug-likeness (QED) is 0.705. The predicted molar refractivity (Wildman–Crippen MR) is 107 cm³/mol. The summed E-state index contributed by atoms with van der Waals surface area (Å²) >= 11 is 0. The van der Waals surface area contributed by atoms with E-state index in [0.29, 0.717) is 33.9 Å². The van der Waals surface area contributed by atoms with Gasteiger partial charge in [-0.2, -0.15) is 0 Å². The number of hydrogen-bond acceptors (Lipinski definition) is 4. The molecule has 6 nitrogen and oxygen atoms in total. The van der Waals surface area contributed by atoms with Gasteiger partial charge in [0.1, 0.15) is 5.75 Å². The number of carbonyl (C=O) groups is 1. The van der Waals surface area contributed by atoms with Crippen LogP contribution in [0.4, 0.5) is 5.69 Å². The Balaban J connectivity index is 1.77. The van der Waals surface area contributed by atoms with Crippen molar-refractivity contribution in [2.75, 3.05) is 12.4 Å². The molecule has 1 aliphatic heterocycles. The first-order valence-corrected chi connectivity index (χ1v) is 10.1. The number of nitrogens with one attached hydrogen (secondary N) is 2. The summed E-state index contributed by atoms with van der Waals surface area (Å²) in [5.74, 6) is 0.746. The number of anilines is 1. The fourth-order valence-corrected chi connectivity index (χ4v) is 3.85. The number of carbonyl (C=O) groups excluding carboxylic acids is 1. The summed E-state index contributed by atoms with van der Waals surface area (Å²) < 4.78 is 32.4. The standard InChI is InChI=1S/C21H18N2O4S/c1-13-6-8-20-18(10-13)23-21(24)17-12-15(7-9-19(17)27-20)14-4-3-5-16(11-14)28(25,26)22-2/h3-12,22H,1-2H3,(H,23,24). The van der Waals surface area contributed by atoms with Crippen molar-refractivity contribution in [2.45, 2.75) is 11.8 Å². The van der Waals surface area contributed by atoms with Crippen LogP contribution in [0.3, 0.4) is 0 Å². The van der Waals surface area contributed by atoms with Crippen molar-refractivity contribution >= 4 is 21.6 Å². The molecule has 0 aromatic heterocycles. The predicted octanol–water partition coefficient (Wildman–Crippen LogP) is 3.93. The average Bonchev–Trinajstić information content (AvgIpc) is 2.83. The summed E-state index contributed by atoms with van der Waals surface area (Å²) in [4.78, 5) is 12.9. The van der Waals surface area contributed by atoms with Gasteiger partial charge in [0.2, 0.25) is 10.0 Å². The van der Waals surface area contributed by atoms with Gasteiger partial charge >= 0.3 is 0 Å². The van der Waals surface area contributed by atoms with Crippen LogP contribution in [0.25, 0.3) is 11.1 Å².